The van der Waals surface area contributed by atoms with E-state index in [1.807, 2.05) is 0 Å². The lowest BCUT2D eigenvalue weighted by molar-refractivity contribution is -0.399. The van der Waals surface area contributed by atoms with Crippen molar-refractivity contribution in [2.24, 2.45) is 0 Å². The Balaban J connectivity index is 0.938. The number of rotatable bonds is 13. The molecule has 45 nitrogen and oxygen atoms in total. The van der Waals surface area contributed by atoms with E-state index in [4.69, 9.17) is 85.3 Å². The van der Waals surface area contributed by atoms with Gasteiger partial charge in [0.1, 0.15) is 220 Å². The molecule has 0 aromatic carbocycles. The van der Waals surface area contributed by atoms with Crippen LogP contribution in [0.1, 0.15) is 0 Å². The number of hydrogen-bond donors (Lipinski definition) is 27. The van der Waals surface area contributed by atoms with Gasteiger partial charge in [0.25, 0.3) is 0 Å². The van der Waals surface area contributed by atoms with Crippen LogP contribution in [0.25, 0.3) is 0 Å². The molecule has 0 radical (unpaired) electrons. The van der Waals surface area contributed by atoms with E-state index in [2.05, 4.69) is 0 Å². The molecule has 23 fully saturated rings. The van der Waals surface area contributed by atoms with Gasteiger partial charge in [-0.2, -0.15) is 0 Å². The standard InChI is InChI=1S/C54H90O45/c55-1-10-19(63)20(64)29(73)47(83-10)92-38-11(2-56)84-46(30(74)21(38)65)82-9-18-45-28(72)37(81)54(91-18)98-44-17(8-62)89-52(35(79)26(44)70)96-42-15(6-60)87-50(33(77)24(42)68)94-40-13(4-58)85-48(31(75)22(40)66)93-39-12(3-57)86-49(32(76)23(39)67)95-41-14(5-59)88-51(34(78)25(41)69)97-43-16(7-61)90-53(99-45)36(80)27(43)71/h10-81H,1-9H2/t10-,11-,12-,13-,14-,15-,16-,17-,18-,19-,20+,21?,22-,23-,24-,25-,26-,27-,28-,29-,30-,31-,32-,33-,34-,35-,36-,37-,38-,39-,40-,41-,42-,43-,44-,45-,46+,47-,48-,49-,50-,51-,52-,53-,54-/m1/s1. The maximum atomic E-state index is 12.0. The molecule has 23 saturated heterocycles. The molecule has 99 heavy (non-hydrogen) atoms. The van der Waals surface area contributed by atoms with Crippen LogP contribution >= 0.6 is 0 Å². The van der Waals surface area contributed by atoms with Crippen LogP contribution in [0.15, 0.2) is 0 Å². The average molecular weight is 1460 g/mol. The molecule has 0 aromatic rings. The number of aliphatic hydroxyl groups excluding tert-OH is 27. The van der Waals surface area contributed by atoms with E-state index < -0.39 is 336 Å². The molecule has 27 N–H and O–H groups in total. The minimum Gasteiger partial charge on any atom is -0.394 e. The highest BCUT2D eigenvalue weighted by Gasteiger charge is 2.61. The van der Waals surface area contributed by atoms with Gasteiger partial charge in [-0.1, -0.05) is 0 Å². The lowest BCUT2D eigenvalue weighted by Crippen LogP contribution is -2.68. The van der Waals surface area contributed by atoms with Gasteiger partial charge in [-0.3, -0.25) is 0 Å². The van der Waals surface area contributed by atoms with E-state index in [-0.39, 0.29) is 0 Å². The molecule has 14 bridgehead atoms. The molecule has 23 rings (SSSR count). The SMILES string of the molecule is OC[C@H]1O[C@H](O[C@H]2C(O)[C@@H](O)[C@@H](OC[C@H]3O[C@@H]4O[C@H]5[C@H](O)[C@@H](O)[C@@H](O[C@H]6[C@H](O)[C@@H](O)[C@@H](O[C@H]7[C@H](O)[C@@H](O)[C@@H](O[C@H]8[C@H](O)[C@@H](O)[C@@H](O[C@H]9[C@H](O)[C@@H](O)[C@@H](O[C@H]%10[C@H](O)[C@@H](O)[C@@H](O[C@H]3[C@H](O)[C@H]4O)O[C@@H]%10CO)O[C@@H]9CO)O[C@@H]8CO)O[C@@H]7CO)O[C@@H]6CO)O[C@@H]5CO)O[C@@H]2CO)[C@H](O)[C@@H](O)[C@@H]1O. The number of aliphatic hydroxyl groups is 27. The highest BCUT2D eigenvalue weighted by atomic mass is 16.8. The largest absolute Gasteiger partial charge is 0.394 e. The molecule has 0 spiro atoms. The van der Waals surface area contributed by atoms with Crippen molar-refractivity contribution >= 4 is 0 Å². The van der Waals surface area contributed by atoms with Crippen LogP contribution in [0.5, 0.6) is 0 Å². The Morgan fingerprint density at radius 2 is 0.404 bits per heavy atom. The monoisotopic (exact) mass is 1460 g/mol. The highest BCUT2D eigenvalue weighted by Crippen LogP contribution is 2.40. The molecule has 45 heteroatoms. The summed E-state index contributed by atoms with van der Waals surface area (Å²) in [6.45, 7) is -9.86. The average Bonchev–Trinajstić information content (AvgIpc) is 0.754. The van der Waals surface area contributed by atoms with E-state index in [0.717, 1.165) is 0 Å². The Hall–Kier alpha value is -1.80. The van der Waals surface area contributed by atoms with Gasteiger partial charge in [-0.25, -0.2) is 0 Å². The van der Waals surface area contributed by atoms with Crippen LogP contribution in [-0.2, 0) is 85.3 Å². The lowest BCUT2D eigenvalue weighted by atomic mass is 9.95. The first kappa shape index (κ1) is 79.8. The Morgan fingerprint density at radius 3 is 0.657 bits per heavy atom. The molecule has 23 aliphatic rings. The Labute approximate surface area is 558 Å². The maximum absolute atomic E-state index is 12.0. The van der Waals surface area contributed by atoms with E-state index in [1.165, 1.54) is 0 Å². The van der Waals surface area contributed by atoms with Crippen LogP contribution in [0.2, 0.25) is 0 Å². The Kier molecular flexibility index (Phi) is 27.4. The molecule has 0 amide bonds. The van der Waals surface area contributed by atoms with Crippen molar-refractivity contribution in [3.05, 3.63) is 0 Å². The van der Waals surface area contributed by atoms with Gasteiger partial charge in [0.05, 0.1) is 59.5 Å². The maximum Gasteiger partial charge on any atom is 0.187 e. The van der Waals surface area contributed by atoms with Crippen LogP contribution in [-0.4, -0.2) is 474 Å². The summed E-state index contributed by atoms with van der Waals surface area (Å²) in [6.07, 6.45) is -94.3. The summed E-state index contributed by atoms with van der Waals surface area (Å²) in [5.41, 5.74) is 0. The molecular weight excluding hydrogens is 1370 g/mol. The molecule has 0 aliphatic carbocycles. The number of hydrogen-bond acceptors (Lipinski definition) is 45. The van der Waals surface area contributed by atoms with Gasteiger partial charge < -0.3 is 223 Å². The van der Waals surface area contributed by atoms with Gasteiger partial charge in [0.15, 0.2) is 56.6 Å². The van der Waals surface area contributed by atoms with Crippen molar-refractivity contribution in [1.29, 1.82) is 0 Å². The van der Waals surface area contributed by atoms with E-state index in [0.29, 0.717) is 0 Å². The fraction of sp³-hybridized carbons (Fsp3) is 1.00. The second-order valence-electron chi connectivity index (χ2n) is 25.3. The summed E-state index contributed by atoms with van der Waals surface area (Å²) >= 11 is 0. The second kappa shape index (κ2) is 34.0. The summed E-state index contributed by atoms with van der Waals surface area (Å²) in [6, 6.07) is 0. The fourth-order valence-corrected chi connectivity index (χ4v) is 13.3. The third-order valence-corrected chi connectivity index (χ3v) is 19.0. The van der Waals surface area contributed by atoms with E-state index >= 15 is 0 Å². The predicted octanol–water partition coefficient (Wildman–Crippen LogP) is -19.6. The van der Waals surface area contributed by atoms with E-state index in [9.17, 15) is 138 Å². The van der Waals surface area contributed by atoms with Crippen LogP contribution < -0.4 is 0 Å². The van der Waals surface area contributed by atoms with Crippen molar-refractivity contribution in [3.63, 3.8) is 0 Å². The third kappa shape index (κ3) is 16.0. The minimum atomic E-state index is -2.43. The topological polar surface area (TPSA) is 712 Å². The van der Waals surface area contributed by atoms with Crippen molar-refractivity contribution in [3.8, 4) is 0 Å². The number of ether oxygens (including phenoxy) is 18. The molecule has 23 aliphatic heterocycles. The predicted molar refractivity (Wildman–Crippen MR) is 294 cm³/mol. The van der Waals surface area contributed by atoms with Crippen molar-refractivity contribution < 1.29 is 223 Å². The zero-order chi connectivity index (χ0) is 72.1. The van der Waals surface area contributed by atoms with Gasteiger partial charge in [0, 0.05) is 0 Å². The highest BCUT2D eigenvalue weighted by molar-refractivity contribution is 5.03. The summed E-state index contributed by atoms with van der Waals surface area (Å²) in [5, 5.41) is 299. The first-order valence-corrected chi connectivity index (χ1v) is 31.6. The van der Waals surface area contributed by atoms with Gasteiger partial charge in [-0.15, -0.1) is 0 Å². The molecule has 23 heterocycles. The molecule has 0 saturated carbocycles. The third-order valence-electron chi connectivity index (χ3n) is 19.0. The first-order valence-electron chi connectivity index (χ1n) is 31.6. The Bertz CT molecular complexity index is 2450. The zero-order valence-electron chi connectivity index (χ0n) is 51.8. The summed E-state index contributed by atoms with van der Waals surface area (Å²) in [4.78, 5) is 0. The summed E-state index contributed by atoms with van der Waals surface area (Å²) in [5.74, 6) is 0. The lowest BCUT2D eigenvalue weighted by Gasteiger charge is -2.50. The van der Waals surface area contributed by atoms with Crippen LogP contribution in [0, 0.1) is 0 Å². The molecule has 1 unspecified atom stereocenters. The first-order chi connectivity index (χ1) is 47.1. The summed E-state index contributed by atoms with van der Waals surface area (Å²) < 4.78 is 103. The fourth-order valence-electron chi connectivity index (χ4n) is 13.3. The quantitative estimate of drug-likeness (QED) is 0.0814. The van der Waals surface area contributed by atoms with Crippen LogP contribution in [0.3, 0.4) is 0 Å². The summed E-state index contributed by atoms with van der Waals surface area (Å²) in [7, 11) is 0. The van der Waals surface area contributed by atoms with Gasteiger partial charge >= 0.3 is 0 Å². The van der Waals surface area contributed by atoms with Crippen LogP contribution in [0.4, 0.5) is 0 Å². The van der Waals surface area contributed by atoms with Gasteiger partial charge in [-0.05, 0) is 0 Å². The molecular formula is C54H90O45. The normalized spacial score (nSPS) is 55.1. The van der Waals surface area contributed by atoms with Gasteiger partial charge in [0.2, 0.25) is 0 Å². The van der Waals surface area contributed by atoms with Crippen molar-refractivity contribution in [2.45, 2.75) is 276 Å². The smallest absolute Gasteiger partial charge is 0.187 e. The van der Waals surface area contributed by atoms with Crippen molar-refractivity contribution in [1.82, 2.24) is 0 Å². The zero-order valence-corrected chi connectivity index (χ0v) is 51.8. The molecule has 45 atom stereocenters. The molecule has 0 aromatic heterocycles. The van der Waals surface area contributed by atoms with Crippen molar-refractivity contribution in [2.75, 3.05) is 59.5 Å². The Morgan fingerprint density at radius 1 is 0.182 bits per heavy atom. The van der Waals surface area contributed by atoms with E-state index in [1.54, 1.807) is 0 Å². The minimum absolute atomic E-state index is 0.906. The second-order valence-corrected chi connectivity index (χ2v) is 25.3. The molecule has 576 valence electrons.